The van der Waals surface area contributed by atoms with E-state index in [2.05, 4.69) is 5.32 Å². The Hall–Kier alpha value is -1.84. The second kappa shape index (κ2) is 7.43. The van der Waals surface area contributed by atoms with Crippen molar-refractivity contribution in [3.63, 3.8) is 0 Å². The van der Waals surface area contributed by atoms with Gasteiger partial charge in [0.2, 0.25) is 5.91 Å². The van der Waals surface area contributed by atoms with Gasteiger partial charge in [0.15, 0.2) is 0 Å². The molecule has 2 N–H and O–H groups in total. The Morgan fingerprint density at radius 1 is 1.23 bits per heavy atom. The summed E-state index contributed by atoms with van der Waals surface area (Å²) < 4.78 is 0. The molecule has 2 aromatic rings. The summed E-state index contributed by atoms with van der Waals surface area (Å²) in [7, 11) is 0. The van der Waals surface area contributed by atoms with Crippen LogP contribution in [0, 0.1) is 6.92 Å². The van der Waals surface area contributed by atoms with Gasteiger partial charge in [-0.2, -0.15) is 0 Å². The molecule has 1 amide bonds. The second-order valence-electron chi connectivity index (χ2n) is 5.42. The van der Waals surface area contributed by atoms with E-state index < -0.39 is 6.10 Å². The molecule has 0 heterocycles. The molecule has 0 aliphatic carbocycles. The molecule has 22 heavy (non-hydrogen) atoms. The minimum atomic E-state index is -0.817. The van der Waals surface area contributed by atoms with Crippen LogP contribution in [0.25, 0.3) is 0 Å². The maximum Gasteiger partial charge on any atom is 0.227 e. The molecule has 2 atom stereocenters. The van der Waals surface area contributed by atoms with Crippen LogP contribution in [0.1, 0.15) is 35.6 Å². The van der Waals surface area contributed by atoms with Gasteiger partial charge in [-0.05, 0) is 25.5 Å². The van der Waals surface area contributed by atoms with Crippen LogP contribution in [0.5, 0.6) is 0 Å². The SMILES string of the molecule is Cc1cccc(C(C)C(=O)NCC(O)c2ccccc2Cl)c1. The van der Waals surface area contributed by atoms with E-state index in [1.807, 2.05) is 44.2 Å². The van der Waals surface area contributed by atoms with Gasteiger partial charge >= 0.3 is 0 Å². The Bertz CT molecular complexity index is 657. The Kier molecular flexibility index (Phi) is 5.58. The zero-order valence-electron chi connectivity index (χ0n) is 12.7. The maximum atomic E-state index is 12.2. The number of aliphatic hydroxyl groups excluding tert-OH is 1. The largest absolute Gasteiger partial charge is 0.387 e. The standard InChI is InChI=1S/C18H20ClNO2/c1-12-6-5-7-14(10-12)13(2)18(22)20-11-17(21)15-8-3-4-9-16(15)19/h3-10,13,17,21H,11H2,1-2H3,(H,20,22). The number of nitrogens with one attached hydrogen (secondary N) is 1. The van der Waals surface area contributed by atoms with Gasteiger partial charge in [-0.1, -0.05) is 59.6 Å². The highest BCUT2D eigenvalue weighted by Gasteiger charge is 2.17. The van der Waals surface area contributed by atoms with E-state index in [4.69, 9.17) is 11.6 Å². The van der Waals surface area contributed by atoms with Crippen molar-refractivity contribution in [3.05, 3.63) is 70.2 Å². The molecular formula is C18H20ClNO2. The Morgan fingerprint density at radius 2 is 1.95 bits per heavy atom. The van der Waals surface area contributed by atoms with Gasteiger partial charge in [0, 0.05) is 17.1 Å². The molecule has 3 nitrogen and oxygen atoms in total. The smallest absolute Gasteiger partial charge is 0.227 e. The first-order valence-corrected chi connectivity index (χ1v) is 7.63. The molecule has 0 aliphatic rings. The van der Waals surface area contributed by atoms with Gasteiger partial charge in [0.05, 0.1) is 12.0 Å². The first kappa shape index (κ1) is 16.5. The molecule has 0 saturated heterocycles. The minimum absolute atomic E-state index is 0.114. The van der Waals surface area contributed by atoms with Crippen molar-refractivity contribution in [2.75, 3.05) is 6.54 Å². The van der Waals surface area contributed by atoms with Gasteiger partial charge in [-0.25, -0.2) is 0 Å². The summed E-state index contributed by atoms with van der Waals surface area (Å²) in [6.07, 6.45) is -0.817. The second-order valence-corrected chi connectivity index (χ2v) is 5.83. The van der Waals surface area contributed by atoms with Crippen molar-refractivity contribution in [3.8, 4) is 0 Å². The van der Waals surface area contributed by atoms with Crippen molar-refractivity contribution in [2.24, 2.45) is 0 Å². The monoisotopic (exact) mass is 317 g/mol. The molecule has 116 valence electrons. The summed E-state index contributed by atoms with van der Waals surface area (Å²) in [5.41, 5.74) is 2.70. The lowest BCUT2D eigenvalue weighted by molar-refractivity contribution is -0.122. The third-order valence-corrected chi connectivity index (χ3v) is 4.01. The van der Waals surface area contributed by atoms with Crippen LogP contribution in [0.2, 0.25) is 5.02 Å². The van der Waals surface area contributed by atoms with Crippen molar-refractivity contribution in [2.45, 2.75) is 25.9 Å². The fourth-order valence-electron chi connectivity index (χ4n) is 2.30. The van der Waals surface area contributed by atoms with Crippen LogP contribution >= 0.6 is 11.6 Å². The first-order valence-electron chi connectivity index (χ1n) is 7.26. The molecule has 0 spiro atoms. The number of amides is 1. The minimum Gasteiger partial charge on any atom is -0.387 e. The maximum absolute atomic E-state index is 12.2. The zero-order chi connectivity index (χ0) is 16.1. The first-order chi connectivity index (χ1) is 10.5. The zero-order valence-corrected chi connectivity index (χ0v) is 13.5. The number of hydrogen-bond donors (Lipinski definition) is 2. The van der Waals surface area contributed by atoms with E-state index in [1.165, 1.54) is 0 Å². The summed E-state index contributed by atoms with van der Waals surface area (Å²) >= 11 is 6.04. The average molecular weight is 318 g/mol. The number of carbonyl (C=O) groups excluding carboxylic acids is 1. The van der Waals surface area contributed by atoms with E-state index in [0.717, 1.165) is 11.1 Å². The van der Waals surface area contributed by atoms with Crippen LogP contribution in [-0.4, -0.2) is 17.6 Å². The van der Waals surface area contributed by atoms with Crippen LogP contribution in [0.4, 0.5) is 0 Å². The molecule has 0 radical (unpaired) electrons. The molecule has 2 unspecified atom stereocenters. The van der Waals surface area contributed by atoms with Gasteiger partial charge in [0.1, 0.15) is 0 Å². The summed E-state index contributed by atoms with van der Waals surface area (Å²) in [6, 6.07) is 14.9. The highest BCUT2D eigenvalue weighted by atomic mass is 35.5. The molecule has 4 heteroatoms. The third-order valence-electron chi connectivity index (χ3n) is 3.67. The van der Waals surface area contributed by atoms with E-state index in [1.54, 1.807) is 18.2 Å². The Labute approximate surface area is 135 Å². The van der Waals surface area contributed by atoms with Gasteiger partial charge in [-0.3, -0.25) is 4.79 Å². The summed E-state index contributed by atoms with van der Waals surface area (Å²) in [4.78, 5) is 12.2. The van der Waals surface area contributed by atoms with Crippen molar-refractivity contribution >= 4 is 17.5 Å². The Balaban J connectivity index is 1.96. The van der Waals surface area contributed by atoms with E-state index in [9.17, 15) is 9.90 Å². The molecule has 0 aromatic heterocycles. The Morgan fingerprint density at radius 3 is 2.64 bits per heavy atom. The fourth-order valence-corrected chi connectivity index (χ4v) is 2.56. The van der Waals surface area contributed by atoms with Crippen LogP contribution < -0.4 is 5.32 Å². The highest BCUT2D eigenvalue weighted by Crippen LogP contribution is 2.22. The fraction of sp³-hybridized carbons (Fsp3) is 0.278. The molecular weight excluding hydrogens is 298 g/mol. The molecule has 0 saturated carbocycles. The van der Waals surface area contributed by atoms with Gasteiger partial charge in [0.25, 0.3) is 0 Å². The normalized spacial score (nSPS) is 13.5. The van der Waals surface area contributed by atoms with Crippen LogP contribution in [-0.2, 0) is 4.79 Å². The summed E-state index contributed by atoms with van der Waals surface area (Å²) in [5, 5.41) is 13.4. The van der Waals surface area contributed by atoms with Crippen molar-refractivity contribution in [1.82, 2.24) is 5.32 Å². The number of benzene rings is 2. The average Bonchev–Trinajstić information content (AvgIpc) is 2.52. The molecule has 2 rings (SSSR count). The van der Waals surface area contributed by atoms with Crippen molar-refractivity contribution in [1.29, 1.82) is 0 Å². The lowest BCUT2D eigenvalue weighted by atomic mass is 9.98. The molecule has 2 aromatic carbocycles. The molecule has 0 aliphatic heterocycles. The van der Waals surface area contributed by atoms with Crippen LogP contribution in [0.3, 0.4) is 0 Å². The third kappa shape index (κ3) is 4.09. The number of aryl methyl sites for hydroxylation is 1. The predicted molar refractivity (Wildman–Crippen MR) is 89.0 cm³/mol. The molecule has 0 fully saturated rings. The number of aliphatic hydroxyl groups is 1. The topological polar surface area (TPSA) is 49.3 Å². The summed E-state index contributed by atoms with van der Waals surface area (Å²) in [5.74, 6) is -0.380. The number of hydrogen-bond acceptors (Lipinski definition) is 2. The highest BCUT2D eigenvalue weighted by molar-refractivity contribution is 6.31. The van der Waals surface area contributed by atoms with E-state index in [0.29, 0.717) is 10.6 Å². The van der Waals surface area contributed by atoms with E-state index in [-0.39, 0.29) is 18.4 Å². The number of rotatable bonds is 5. The lowest BCUT2D eigenvalue weighted by Crippen LogP contribution is -2.31. The van der Waals surface area contributed by atoms with Gasteiger partial charge in [-0.15, -0.1) is 0 Å². The molecule has 0 bridgehead atoms. The van der Waals surface area contributed by atoms with Gasteiger partial charge < -0.3 is 10.4 Å². The van der Waals surface area contributed by atoms with Crippen LogP contribution in [0.15, 0.2) is 48.5 Å². The van der Waals surface area contributed by atoms with Crippen molar-refractivity contribution < 1.29 is 9.90 Å². The lowest BCUT2D eigenvalue weighted by Gasteiger charge is -2.17. The number of halogens is 1. The predicted octanol–water partition coefficient (Wildman–Crippen LogP) is 3.60. The summed E-state index contributed by atoms with van der Waals surface area (Å²) in [6.45, 7) is 3.99. The number of carbonyl (C=O) groups is 1. The quantitative estimate of drug-likeness (QED) is 0.885. The van der Waals surface area contributed by atoms with E-state index >= 15 is 0 Å².